The van der Waals surface area contributed by atoms with Crippen LogP contribution in [0.2, 0.25) is 0 Å². The summed E-state index contributed by atoms with van der Waals surface area (Å²) in [6.07, 6.45) is 6.65. The maximum absolute atomic E-state index is 13.2. The van der Waals surface area contributed by atoms with Crippen molar-refractivity contribution < 1.29 is 14.7 Å². The van der Waals surface area contributed by atoms with Gasteiger partial charge in [-0.1, -0.05) is 54.6 Å². The molecule has 1 aliphatic heterocycles. The molecule has 5 rings (SSSR count). The van der Waals surface area contributed by atoms with Crippen LogP contribution in [0.25, 0.3) is 0 Å². The summed E-state index contributed by atoms with van der Waals surface area (Å²) in [4.78, 5) is 31.3. The zero-order valence-electron chi connectivity index (χ0n) is 20.1. The Hall–Kier alpha value is -4.19. The van der Waals surface area contributed by atoms with Crippen LogP contribution >= 0.6 is 0 Å². The Morgan fingerprint density at radius 1 is 0.861 bits per heavy atom. The third-order valence-corrected chi connectivity index (χ3v) is 6.98. The van der Waals surface area contributed by atoms with E-state index in [1.54, 1.807) is 12.1 Å². The first kappa shape index (κ1) is 23.5. The van der Waals surface area contributed by atoms with Gasteiger partial charge in [-0.25, -0.2) is 9.78 Å². The van der Waals surface area contributed by atoms with Crippen LogP contribution < -0.4 is 4.90 Å². The normalized spacial score (nSPS) is 14.1. The number of aromatic nitrogens is 2. The second kappa shape index (κ2) is 10.6. The number of aryl methyl sites for hydroxylation is 2. The molecular weight excluding hydrogens is 450 g/mol. The fourth-order valence-corrected chi connectivity index (χ4v) is 5.00. The predicted molar refractivity (Wildman–Crippen MR) is 140 cm³/mol. The molecular formula is C30H29N3O3. The molecule has 182 valence electrons. The summed E-state index contributed by atoms with van der Waals surface area (Å²) >= 11 is 0. The molecule has 1 N–H and O–H groups in total. The zero-order valence-corrected chi connectivity index (χ0v) is 20.1. The van der Waals surface area contributed by atoms with Crippen LogP contribution in [0.4, 0.5) is 5.69 Å². The molecule has 1 aromatic heterocycles. The SMILES string of the molecule is O=C(O)c1ccc(CCn2ccnc2C2CCN(c3ccccc3C(=O)c3ccccc3)CC2)cc1. The first-order valence-electron chi connectivity index (χ1n) is 12.4. The van der Waals surface area contributed by atoms with Crippen LogP contribution in [-0.2, 0) is 13.0 Å². The zero-order chi connectivity index (χ0) is 24.9. The van der Waals surface area contributed by atoms with Gasteiger partial charge in [-0.2, -0.15) is 0 Å². The summed E-state index contributed by atoms with van der Waals surface area (Å²) in [5.74, 6) is 0.616. The van der Waals surface area contributed by atoms with Crippen molar-refractivity contribution in [3.63, 3.8) is 0 Å². The number of carbonyl (C=O) groups excluding carboxylic acids is 1. The van der Waals surface area contributed by atoms with Crippen LogP contribution in [0.5, 0.6) is 0 Å². The van der Waals surface area contributed by atoms with E-state index < -0.39 is 5.97 Å². The molecule has 0 aliphatic carbocycles. The summed E-state index contributed by atoms with van der Waals surface area (Å²) in [5, 5.41) is 9.09. The van der Waals surface area contributed by atoms with Gasteiger partial charge < -0.3 is 14.6 Å². The van der Waals surface area contributed by atoms with Crippen molar-refractivity contribution in [2.24, 2.45) is 0 Å². The van der Waals surface area contributed by atoms with Gasteiger partial charge in [-0.15, -0.1) is 0 Å². The van der Waals surface area contributed by atoms with Gasteiger partial charge in [-0.05, 0) is 49.1 Å². The number of benzene rings is 3. The van der Waals surface area contributed by atoms with Crippen LogP contribution in [-0.4, -0.2) is 39.5 Å². The maximum atomic E-state index is 13.2. The van der Waals surface area contributed by atoms with E-state index in [0.717, 1.165) is 61.5 Å². The molecule has 0 bridgehead atoms. The van der Waals surface area contributed by atoms with E-state index in [4.69, 9.17) is 5.11 Å². The third kappa shape index (κ3) is 5.08. The van der Waals surface area contributed by atoms with Gasteiger partial charge in [0.2, 0.25) is 0 Å². The quantitative estimate of drug-likeness (QED) is 0.341. The molecule has 0 spiro atoms. The average molecular weight is 480 g/mol. The van der Waals surface area contributed by atoms with Crippen molar-refractivity contribution in [1.29, 1.82) is 0 Å². The fraction of sp³-hybridized carbons (Fsp3) is 0.233. The number of rotatable bonds is 8. The number of hydrogen-bond acceptors (Lipinski definition) is 4. The Kier molecular flexibility index (Phi) is 6.94. The number of aromatic carboxylic acids is 1. The highest BCUT2D eigenvalue weighted by atomic mass is 16.4. The Balaban J connectivity index is 1.24. The highest BCUT2D eigenvalue weighted by Crippen LogP contribution is 2.32. The van der Waals surface area contributed by atoms with Crippen molar-refractivity contribution in [2.45, 2.75) is 31.7 Å². The van der Waals surface area contributed by atoms with E-state index >= 15 is 0 Å². The lowest BCUT2D eigenvalue weighted by Crippen LogP contribution is -2.34. The van der Waals surface area contributed by atoms with Crippen LogP contribution in [0, 0.1) is 0 Å². The molecule has 2 heterocycles. The molecule has 6 nitrogen and oxygen atoms in total. The number of anilines is 1. The Morgan fingerprint density at radius 3 is 2.28 bits per heavy atom. The van der Waals surface area contributed by atoms with Crippen LogP contribution in [0.15, 0.2) is 91.3 Å². The van der Waals surface area contributed by atoms with Gasteiger partial charge in [0.05, 0.1) is 5.56 Å². The fourth-order valence-electron chi connectivity index (χ4n) is 5.00. The molecule has 0 atom stereocenters. The number of carboxylic acid groups (broad SMARTS) is 1. The average Bonchev–Trinajstić information content (AvgIpc) is 3.41. The Labute approximate surface area is 210 Å². The molecule has 0 saturated carbocycles. The largest absolute Gasteiger partial charge is 0.478 e. The van der Waals surface area contributed by atoms with E-state index in [1.807, 2.05) is 79.1 Å². The molecule has 1 fully saturated rings. The predicted octanol–water partition coefficient (Wildman–Crippen LogP) is 5.44. The molecule has 36 heavy (non-hydrogen) atoms. The van der Waals surface area contributed by atoms with Gasteiger partial charge >= 0.3 is 5.97 Å². The van der Waals surface area contributed by atoms with E-state index in [-0.39, 0.29) is 5.78 Å². The number of hydrogen-bond donors (Lipinski definition) is 1. The highest BCUT2D eigenvalue weighted by Gasteiger charge is 2.26. The van der Waals surface area contributed by atoms with Gasteiger partial charge in [0.1, 0.15) is 5.82 Å². The lowest BCUT2D eigenvalue weighted by Gasteiger charge is -2.34. The Bertz CT molecular complexity index is 1340. The summed E-state index contributed by atoms with van der Waals surface area (Å²) in [6.45, 7) is 2.54. The van der Waals surface area contributed by atoms with Crippen molar-refractivity contribution in [3.8, 4) is 0 Å². The highest BCUT2D eigenvalue weighted by molar-refractivity contribution is 6.12. The van der Waals surface area contributed by atoms with Crippen molar-refractivity contribution in [1.82, 2.24) is 9.55 Å². The first-order valence-corrected chi connectivity index (χ1v) is 12.4. The van der Waals surface area contributed by atoms with E-state index in [1.165, 1.54) is 0 Å². The van der Waals surface area contributed by atoms with Gasteiger partial charge in [0.25, 0.3) is 0 Å². The number of ketones is 1. The summed E-state index contributed by atoms with van der Waals surface area (Å²) < 4.78 is 2.22. The monoisotopic (exact) mass is 479 g/mol. The minimum atomic E-state index is -0.906. The number of carboxylic acids is 1. The molecule has 4 aromatic rings. The Morgan fingerprint density at radius 2 is 1.56 bits per heavy atom. The summed E-state index contributed by atoms with van der Waals surface area (Å²) in [7, 11) is 0. The van der Waals surface area contributed by atoms with Gasteiger partial charge in [-0.3, -0.25) is 4.79 Å². The standard InChI is InChI=1S/C30H29N3O3/c34-28(23-6-2-1-3-7-23)26-8-4-5-9-27(26)32-19-15-24(16-20-32)29-31-17-21-33(29)18-14-22-10-12-25(13-11-22)30(35)36/h1-13,17,21,24H,14-16,18-20H2,(H,35,36). The van der Waals surface area contributed by atoms with Crippen molar-refractivity contribution in [2.75, 3.05) is 18.0 Å². The number of para-hydroxylation sites is 1. The minimum Gasteiger partial charge on any atom is -0.478 e. The molecule has 3 aromatic carbocycles. The van der Waals surface area contributed by atoms with Crippen LogP contribution in [0.1, 0.15) is 56.4 Å². The first-order chi connectivity index (χ1) is 17.6. The third-order valence-electron chi connectivity index (χ3n) is 6.98. The molecule has 0 amide bonds. The van der Waals surface area contributed by atoms with Crippen LogP contribution in [0.3, 0.4) is 0 Å². The lowest BCUT2D eigenvalue weighted by atomic mass is 9.94. The second-order valence-electron chi connectivity index (χ2n) is 9.20. The van der Waals surface area contributed by atoms with E-state index in [2.05, 4.69) is 14.5 Å². The molecule has 1 saturated heterocycles. The lowest BCUT2D eigenvalue weighted by molar-refractivity contribution is 0.0696. The smallest absolute Gasteiger partial charge is 0.335 e. The minimum absolute atomic E-state index is 0.0558. The van der Waals surface area contributed by atoms with E-state index in [9.17, 15) is 9.59 Å². The number of imidazole rings is 1. The summed E-state index contributed by atoms with van der Waals surface area (Å²) in [6, 6.07) is 24.4. The molecule has 6 heteroatoms. The van der Waals surface area contributed by atoms with E-state index in [0.29, 0.717) is 17.0 Å². The van der Waals surface area contributed by atoms with Crippen molar-refractivity contribution >= 4 is 17.4 Å². The van der Waals surface area contributed by atoms with Gasteiger partial charge in [0, 0.05) is 54.8 Å². The number of carbonyl (C=O) groups is 2. The summed E-state index contributed by atoms with van der Waals surface area (Å²) in [5.41, 5.74) is 3.87. The van der Waals surface area contributed by atoms with Crippen molar-refractivity contribution in [3.05, 3.63) is 119 Å². The number of nitrogens with zero attached hydrogens (tertiary/aromatic N) is 3. The second-order valence-corrected chi connectivity index (χ2v) is 9.20. The molecule has 0 unspecified atom stereocenters. The molecule has 1 aliphatic rings. The topological polar surface area (TPSA) is 75.4 Å². The van der Waals surface area contributed by atoms with Gasteiger partial charge in [0.15, 0.2) is 5.78 Å². The maximum Gasteiger partial charge on any atom is 0.335 e. The molecule has 0 radical (unpaired) electrons. The number of piperidine rings is 1.